The fraction of sp³-hybridized carbons (Fsp3) is 0.222. The number of ketones is 1. The number of benzene rings is 2. The van der Waals surface area contributed by atoms with Gasteiger partial charge in [-0.05, 0) is 30.0 Å². The van der Waals surface area contributed by atoms with Gasteiger partial charge in [0.1, 0.15) is 16.5 Å². The summed E-state index contributed by atoms with van der Waals surface area (Å²) in [4.78, 5) is 24.0. The van der Waals surface area contributed by atoms with E-state index in [4.69, 9.17) is 0 Å². The summed E-state index contributed by atoms with van der Waals surface area (Å²) in [5.41, 5.74) is 2.59. The van der Waals surface area contributed by atoms with Gasteiger partial charge in [0.2, 0.25) is 0 Å². The van der Waals surface area contributed by atoms with E-state index in [9.17, 15) is 9.90 Å². The monoisotopic (exact) mass is 455 g/mol. The SMILES string of the molecule is O=C(Cc1ccc(N2CCC(O)(c3ccccc3)CC2)nc1)c1csc(-c2ccccc2)n1. The van der Waals surface area contributed by atoms with E-state index in [1.54, 1.807) is 6.20 Å². The van der Waals surface area contributed by atoms with Crippen LogP contribution in [0, 0.1) is 0 Å². The molecular formula is C27H25N3O2S. The van der Waals surface area contributed by atoms with Crippen LogP contribution in [0.2, 0.25) is 0 Å². The van der Waals surface area contributed by atoms with E-state index in [1.165, 1.54) is 11.3 Å². The minimum atomic E-state index is -0.781. The highest BCUT2D eigenvalue weighted by Crippen LogP contribution is 2.34. The van der Waals surface area contributed by atoms with Crippen molar-refractivity contribution in [1.82, 2.24) is 9.97 Å². The van der Waals surface area contributed by atoms with E-state index in [1.807, 2.05) is 78.2 Å². The van der Waals surface area contributed by atoms with Crippen molar-refractivity contribution >= 4 is 22.9 Å². The Kier molecular flexibility index (Phi) is 6.03. The number of Topliss-reactive ketones (excluding diaryl/α,β-unsaturated/α-hetero) is 1. The Morgan fingerprint density at radius 3 is 2.33 bits per heavy atom. The molecular weight excluding hydrogens is 430 g/mol. The van der Waals surface area contributed by atoms with Crippen molar-refractivity contribution in [2.75, 3.05) is 18.0 Å². The summed E-state index contributed by atoms with van der Waals surface area (Å²) in [6.07, 6.45) is 3.37. The zero-order valence-electron chi connectivity index (χ0n) is 18.2. The number of anilines is 1. The predicted molar refractivity (Wildman–Crippen MR) is 132 cm³/mol. The first-order valence-electron chi connectivity index (χ1n) is 11.1. The number of aromatic nitrogens is 2. The quantitative estimate of drug-likeness (QED) is 0.409. The van der Waals surface area contributed by atoms with Gasteiger partial charge >= 0.3 is 0 Å². The van der Waals surface area contributed by atoms with Crippen molar-refractivity contribution in [2.45, 2.75) is 24.9 Å². The molecule has 4 aromatic rings. The average Bonchev–Trinajstić information content (AvgIpc) is 3.37. The van der Waals surface area contributed by atoms with Crippen molar-refractivity contribution < 1.29 is 9.90 Å². The molecule has 1 fully saturated rings. The number of aliphatic hydroxyl groups is 1. The third kappa shape index (κ3) is 4.72. The number of rotatable bonds is 6. The number of carbonyl (C=O) groups excluding carboxylic acids is 1. The van der Waals surface area contributed by atoms with Crippen molar-refractivity contribution in [3.05, 3.63) is 101 Å². The second kappa shape index (κ2) is 9.25. The zero-order chi connectivity index (χ0) is 22.7. The van der Waals surface area contributed by atoms with Gasteiger partial charge in [0, 0.05) is 36.7 Å². The van der Waals surface area contributed by atoms with Crippen LogP contribution in [-0.4, -0.2) is 33.9 Å². The van der Waals surface area contributed by atoms with Gasteiger partial charge in [-0.25, -0.2) is 9.97 Å². The van der Waals surface area contributed by atoms with Gasteiger partial charge in [0.25, 0.3) is 0 Å². The Morgan fingerprint density at radius 1 is 0.970 bits per heavy atom. The third-order valence-electron chi connectivity index (χ3n) is 6.21. The van der Waals surface area contributed by atoms with Gasteiger partial charge < -0.3 is 10.0 Å². The van der Waals surface area contributed by atoms with Gasteiger partial charge in [-0.3, -0.25) is 4.79 Å². The molecule has 33 heavy (non-hydrogen) atoms. The van der Waals surface area contributed by atoms with Gasteiger partial charge in [-0.15, -0.1) is 11.3 Å². The Labute approximate surface area is 197 Å². The van der Waals surface area contributed by atoms with Crippen LogP contribution >= 0.6 is 11.3 Å². The molecule has 6 heteroatoms. The summed E-state index contributed by atoms with van der Waals surface area (Å²) >= 11 is 1.49. The summed E-state index contributed by atoms with van der Waals surface area (Å²) in [6.45, 7) is 1.47. The van der Waals surface area contributed by atoms with E-state index in [0.29, 0.717) is 18.5 Å². The first-order chi connectivity index (χ1) is 16.1. The molecule has 1 aliphatic heterocycles. The molecule has 5 nitrogen and oxygen atoms in total. The van der Waals surface area contributed by atoms with Gasteiger partial charge in [0.15, 0.2) is 5.78 Å². The average molecular weight is 456 g/mol. The number of hydrogen-bond donors (Lipinski definition) is 1. The smallest absolute Gasteiger partial charge is 0.186 e. The number of thiazole rings is 1. The van der Waals surface area contributed by atoms with Gasteiger partial charge in [-0.1, -0.05) is 66.7 Å². The molecule has 0 aliphatic carbocycles. The third-order valence-corrected chi connectivity index (χ3v) is 7.10. The molecule has 0 atom stereocenters. The largest absolute Gasteiger partial charge is 0.385 e. The minimum absolute atomic E-state index is 0.00567. The fourth-order valence-corrected chi connectivity index (χ4v) is 5.07. The topological polar surface area (TPSA) is 66.3 Å². The maximum atomic E-state index is 12.7. The zero-order valence-corrected chi connectivity index (χ0v) is 19.0. The van der Waals surface area contributed by atoms with E-state index in [0.717, 1.165) is 40.6 Å². The minimum Gasteiger partial charge on any atom is -0.385 e. The first kappa shape index (κ1) is 21.5. The maximum absolute atomic E-state index is 12.7. The number of piperidine rings is 1. The second-order valence-corrected chi connectivity index (χ2v) is 9.27. The molecule has 0 radical (unpaired) electrons. The van der Waals surface area contributed by atoms with Crippen LogP contribution in [-0.2, 0) is 12.0 Å². The summed E-state index contributed by atoms with van der Waals surface area (Å²) in [6, 6.07) is 23.7. The first-order valence-corrected chi connectivity index (χ1v) is 12.0. The van der Waals surface area contributed by atoms with Crippen LogP contribution in [0.25, 0.3) is 10.6 Å². The van der Waals surface area contributed by atoms with Gasteiger partial charge in [-0.2, -0.15) is 0 Å². The highest BCUT2D eigenvalue weighted by atomic mass is 32.1. The highest BCUT2D eigenvalue weighted by Gasteiger charge is 2.34. The van der Waals surface area contributed by atoms with E-state index in [2.05, 4.69) is 14.9 Å². The summed E-state index contributed by atoms with van der Waals surface area (Å²) in [7, 11) is 0. The lowest BCUT2D eigenvalue weighted by molar-refractivity contribution is 0.0116. The Balaban J connectivity index is 1.20. The molecule has 0 amide bonds. The number of carbonyl (C=O) groups is 1. The van der Waals surface area contributed by atoms with E-state index < -0.39 is 5.60 Å². The Morgan fingerprint density at radius 2 is 1.67 bits per heavy atom. The lowest BCUT2D eigenvalue weighted by Gasteiger charge is -2.39. The maximum Gasteiger partial charge on any atom is 0.186 e. The molecule has 1 N–H and O–H groups in total. The lowest BCUT2D eigenvalue weighted by atomic mass is 9.84. The van der Waals surface area contributed by atoms with Crippen molar-refractivity contribution in [3.8, 4) is 10.6 Å². The molecule has 0 saturated carbocycles. The molecule has 5 rings (SSSR count). The molecule has 1 saturated heterocycles. The highest BCUT2D eigenvalue weighted by molar-refractivity contribution is 7.13. The molecule has 0 unspecified atom stereocenters. The van der Waals surface area contributed by atoms with Crippen LogP contribution in [0.3, 0.4) is 0 Å². The summed E-state index contributed by atoms with van der Waals surface area (Å²) in [5.74, 6) is 0.871. The normalized spacial score (nSPS) is 15.4. The summed E-state index contributed by atoms with van der Waals surface area (Å²) < 4.78 is 0. The lowest BCUT2D eigenvalue weighted by Crippen LogP contribution is -2.42. The Hall–Kier alpha value is -3.35. The summed E-state index contributed by atoms with van der Waals surface area (Å²) in [5, 5.41) is 13.7. The van der Waals surface area contributed by atoms with E-state index in [-0.39, 0.29) is 12.2 Å². The van der Waals surface area contributed by atoms with Crippen molar-refractivity contribution in [3.63, 3.8) is 0 Å². The van der Waals surface area contributed by atoms with Crippen LogP contribution in [0.1, 0.15) is 34.5 Å². The van der Waals surface area contributed by atoms with Crippen molar-refractivity contribution in [2.24, 2.45) is 0 Å². The number of hydrogen-bond acceptors (Lipinski definition) is 6. The molecule has 1 aliphatic rings. The van der Waals surface area contributed by atoms with Crippen LogP contribution < -0.4 is 4.90 Å². The van der Waals surface area contributed by atoms with Gasteiger partial charge in [0.05, 0.1) is 5.60 Å². The van der Waals surface area contributed by atoms with Crippen LogP contribution in [0.5, 0.6) is 0 Å². The number of nitrogens with zero attached hydrogens (tertiary/aromatic N) is 3. The molecule has 2 aromatic carbocycles. The van der Waals surface area contributed by atoms with Crippen LogP contribution in [0.15, 0.2) is 84.4 Å². The molecule has 2 aromatic heterocycles. The predicted octanol–water partition coefficient (Wildman–Crippen LogP) is 5.12. The Bertz CT molecular complexity index is 1220. The van der Waals surface area contributed by atoms with Crippen LogP contribution in [0.4, 0.5) is 5.82 Å². The number of pyridine rings is 1. The second-order valence-electron chi connectivity index (χ2n) is 8.41. The molecule has 0 bridgehead atoms. The molecule has 166 valence electrons. The molecule has 3 heterocycles. The standard InChI is InChI=1S/C27H25N3O2S/c31-24(23-19-33-26(29-23)21-7-3-1-4-8-21)17-20-11-12-25(28-18-20)30-15-13-27(32,14-16-30)22-9-5-2-6-10-22/h1-12,18-19,32H,13-17H2. The molecule has 0 spiro atoms. The van der Waals surface area contributed by atoms with E-state index >= 15 is 0 Å². The van der Waals surface area contributed by atoms with Crippen molar-refractivity contribution in [1.29, 1.82) is 0 Å². The fourth-order valence-electron chi connectivity index (χ4n) is 4.24.